The topological polar surface area (TPSA) is 147 Å². The number of aromatic nitrogens is 1. The van der Waals surface area contributed by atoms with Gasteiger partial charge in [0, 0.05) is 48.5 Å². The SMILES string of the molecule is CCC(=O)N1CCC2(CC1)CN1[C@H](O)CN(S(=O)(=O)c3cc4cc(Cl)ccc4[nH]3)CC1(CN(C)CC(=O)O)O2. The largest absolute Gasteiger partial charge is 0.480 e. The van der Waals surface area contributed by atoms with E-state index >= 15 is 0 Å². The first-order valence-corrected chi connectivity index (χ1v) is 14.8. The average molecular weight is 584 g/mol. The van der Waals surface area contributed by atoms with Crippen molar-refractivity contribution in [2.24, 2.45) is 0 Å². The monoisotopic (exact) mass is 583 g/mol. The Bertz CT molecular complexity index is 1380. The van der Waals surface area contributed by atoms with Crippen LogP contribution in [-0.4, -0.2) is 125 Å². The maximum Gasteiger partial charge on any atom is 0.317 e. The fourth-order valence-electron chi connectivity index (χ4n) is 6.14. The number of carboxylic acids is 1. The zero-order valence-electron chi connectivity index (χ0n) is 22.0. The van der Waals surface area contributed by atoms with E-state index in [1.807, 2.05) is 6.92 Å². The molecule has 0 radical (unpaired) electrons. The van der Waals surface area contributed by atoms with Crippen molar-refractivity contribution in [3.8, 4) is 0 Å². The summed E-state index contributed by atoms with van der Waals surface area (Å²) in [6.07, 6.45) is 0.291. The summed E-state index contributed by atoms with van der Waals surface area (Å²) in [7, 11) is -2.47. The highest BCUT2D eigenvalue weighted by molar-refractivity contribution is 7.89. The standard InChI is InChI=1S/C25H34ClN5O7S/c1-3-21(32)29-8-6-24(7-9-29)14-31-22(33)12-30(16-25(31,38-24)15-28(2)13-23(34)35)39(36,37)20-11-17-10-18(26)4-5-19(17)27-20/h4-5,10-11,22,27,33H,3,6-9,12-16H2,1-2H3,(H,34,35)/t22-,25?/m1/s1. The Balaban J connectivity index is 1.46. The van der Waals surface area contributed by atoms with Crippen LogP contribution in [0.5, 0.6) is 0 Å². The summed E-state index contributed by atoms with van der Waals surface area (Å²) < 4.78 is 35.6. The molecule has 0 saturated carbocycles. The number of aliphatic carboxylic acids is 1. The fourth-order valence-corrected chi connectivity index (χ4v) is 7.81. The van der Waals surface area contributed by atoms with E-state index < -0.39 is 33.5 Å². The number of benzene rings is 1. The van der Waals surface area contributed by atoms with E-state index in [0.717, 1.165) is 0 Å². The molecule has 1 aromatic carbocycles. The number of hydrogen-bond donors (Lipinski definition) is 3. The van der Waals surface area contributed by atoms with Crippen LogP contribution in [0.1, 0.15) is 26.2 Å². The molecule has 4 heterocycles. The summed E-state index contributed by atoms with van der Waals surface area (Å²) in [5.74, 6) is -0.967. The van der Waals surface area contributed by atoms with Crippen LogP contribution in [0.2, 0.25) is 5.02 Å². The lowest BCUT2D eigenvalue weighted by Crippen LogP contribution is -2.68. The highest BCUT2D eigenvalue weighted by atomic mass is 35.5. The van der Waals surface area contributed by atoms with E-state index in [9.17, 15) is 28.2 Å². The number of fused-ring (bicyclic) bond motifs is 2. The number of nitrogens with one attached hydrogen (secondary N) is 1. The van der Waals surface area contributed by atoms with Crippen molar-refractivity contribution in [2.75, 3.05) is 52.9 Å². The molecule has 12 nitrogen and oxygen atoms in total. The first-order chi connectivity index (χ1) is 18.4. The fraction of sp³-hybridized carbons (Fsp3) is 0.600. The molecule has 3 saturated heterocycles. The summed E-state index contributed by atoms with van der Waals surface area (Å²) in [6.45, 7) is 2.66. The Hall–Kier alpha value is -2.26. The Morgan fingerprint density at radius 3 is 2.62 bits per heavy atom. The Labute approximate surface area is 232 Å². The molecule has 214 valence electrons. The van der Waals surface area contributed by atoms with E-state index in [4.69, 9.17) is 16.3 Å². The van der Waals surface area contributed by atoms with Crippen molar-refractivity contribution in [1.82, 2.24) is 24.0 Å². The lowest BCUT2D eigenvalue weighted by molar-refractivity contribution is -0.213. The Morgan fingerprint density at radius 2 is 1.95 bits per heavy atom. The minimum atomic E-state index is -4.09. The highest BCUT2D eigenvalue weighted by Crippen LogP contribution is 2.45. The zero-order chi connectivity index (χ0) is 28.2. The molecular weight excluding hydrogens is 550 g/mol. The van der Waals surface area contributed by atoms with Gasteiger partial charge in [0.1, 0.15) is 11.3 Å². The number of H-pyrrole nitrogens is 1. The van der Waals surface area contributed by atoms with Gasteiger partial charge < -0.3 is 24.8 Å². The van der Waals surface area contributed by atoms with E-state index in [2.05, 4.69) is 4.98 Å². The van der Waals surface area contributed by atoms with Crippen molar-refractivity contribution in [2.45, 2.75) is 48.8 Å². The lowest BCUT2D eigenvalue weighted by atomic mass is 9.91. The molecule has 3 aliphatic heterocycles. The second-order valence-corrected chi connectivity index (χ2v) is 13.1. The first kappa shape index (κ1) is 28.3. The van der Waals surface area contributed by atoms with Gasteiger partial charge in [-0.2, -0.15) is 4.31 Å². The average Bonchev–Trinajstić information content (AvgIpc) is 3.43. The van der Waals surface area contributed by atoms with Crippen LogP contribution in [0.15, 0.2) is 29.3 Å². The maximum absolute atomic E-state index is 13.8. The minimum Gasteiger partial charge on any atom is -0.480 e. The van der Waals surface area contributed by atoms with Crippen molar-refractivity contribution < 1.29 is 33.0 Å². The van der Waals surface area contributed by atoms with Gasteiger partial charge in [-0.25, -0.2) is 13.3 Å². The van der Waals surface area contributed by atoms with Gasteiger partial charge in [0.2, 0.25) is 5.91 Å². The van der Waals surface area contributed by atoms with Crippen LogP contribution in [0.3, 0.4) is 0 Å². The number of hydrogen-bond acceptors (Lipinski definition) is 8. The number of carbonyl (C=O) groups excluding carboxylic acids is 1. The number of amides is 1. The number of β-amino-alcohol motifs (C(OH)–C–C–N with tert-alkyl or cyclic N) is 1. The van der Waals surface area contributed by atoms with Crippen LogP contribution < -0.4 is 0 Å². The number of ether oxygens (including phenoxy) is 1. The van der Waals surface area contributed by atoms with E-state index in [1.165, 1.54) is 10.4 Å². The summed E-state index contributed by atoms with van der Waals surface area (Å²) >= 11 is 6.08. The number of rotatable bonds is 7. The van der Waals surface area contributed by atoms with Gasteiger partial charge in [0.05, 0.1) is 25.2 Å². The van der Waals surface area contributed by atoms with Gasteiger partial charge in [-0.1, -0.05) is 18.5 Å². The number of aromatic amines is 1. The number of likely N-dealkylation sites (tertiary alicyclic amines) is 1. The molecular formula is C25H34ClN5O7S. The number of carbonyl (C=O) groups is 2. The maximum atomic E-state index is 13.8. The van der Waals surface area contributed by atoms with Gasteiger partial charge in [-0.05, 0) is 44.2 Å². The van der Waals surface area contributed by atoms with Gasteiger partial charge in [-0.3, -0.25) is 14.5 Å². The Kier molecular flexibility index (Phi) is 7.46. The zero-order valence-corrected chi connectivity index (χ0v) is 23.5. The van der Waals surface area contributed by atoms with Crippen LogP contribution in [0, 0.1) is 0 Å². The summed E-state index contributed by atoms with van der Waals surface area (Å²) in [4.78, 5) is 31.7. The molecule has 1 aromatic heterocycles. The van der Waals surface area contributed by atoms with Crippen LogP contribution >= 0.6 is 11.6 Å². The van der Waals surface area contributed by atoms with E-state index in [1.54, 1.807) is 39.9 Å². The molecule has 14 heteroatoms. The molecule has 1 spiro atoms. The first-order valence-electron chi connectivity index (χ1n) is 13.0. The number of aliphatic hydroxyl groups excluding tert-OH is 1. The smallest absolute Gasteiger partial charge is 0.317 e. The molecule has 39 heavy (non-hydrogen) atoms. The number of likely N-dealkylation sites (N-methyl/N-ethyl adjacent to an activating group) is 1. The minimum absolute atomic E-state index is 0.0337. The lowest BCUT2D eigenvalue weighted by Gasteiger charge is -2.48. The number of piperazine rings is 1. The number of piperidine rings is 1. The van der Waals surface area contributed by atoms with Crippen molar-refractivity contribution in [3.63, 3.8) is 0 Å². The number of sulfonamides is 1. The van der Waals surface area contributed by atoms with Crippen molar-refractivity contribution in [3.05, 3.63) is 29.3 Å². The van der Waals surface area contributed by atoms with Gasteiger partial charge >= 0.3 is 5.97 Å². The highest BCUT2D eigenvalue weighted by Gasteiger charge is 2.61. The van der Waals surface area contributed by atoms with Crippen molar-refractivity contribution >= 4 is 44.4 Å². The van der Waals surface area contributed by atoms with Crippen LogP contribution in [0.25, 0.3) is 10.9 Å². The third-order valence-corrected chi connectivity index (χ3v) is 9.94. The molecule has 3 N–H and O–H groups in total. The molecule has 3 aliphatic rings. The molecule has 2 atom stereocenters. The number of nitrogens with zero attached hydrogens (tertiary/aromatic N) is 4. The van der Waals surface area contributed by atoms with Crippen molar-refractivity contribution in [1.29, 1.82) is 0 Å². The molecule has 1 unspecified atom stereocenters. The quantitative estimate of drug-likeness (QED) is 0.433. The van der Waals surface area contributed by atoms with E-state index in [-0.39, 0.29) is 37.1 Å². The molecule has 0 bridgehead atoms. The predicted octanol–water partition coefficient (Wildman–Crippen LogP) is 0.960. The van der Waals surface area contributed by atoms with E-state index in [0.29, 0.717) is 54.8 Å². The van der Waals surface area contributed by atoms with Gasteiger partial charge in [0.25, 0.3) is 10.0 Å². The molecule has 1 amide bonds. The summed E-state index contributed by atoms with van der Waals surface area (Å²) in [6, 6.07) is 6.54. The normalized spacial score (nSPS) is 26.0. The number of halogens is 1. The summed E-state index contributed by atoms with van der Waals surface area (Å²) in [5, 5.41) is 21.8. The number of carboxylic acid groups (broad SMARTS) is 1. The molecule has 2 aromatic rings. The third kappa shape index (κ3) is 5.29. The molecule has 0 aliphatic carbocycles. The Morgan fingerprint density at radius 1 is 1.23 bits per heavy atom. The van der Waals surface area contributed by atoms with Gasteiger partial charge in [-0.15, -0.1) is 0 Å². The second-order valence-electron chi connectivity index (χ2n) is 10.8. The molecule has 5 rings (SSSR count). The third-order valence-electron chi connectivity index (χ3n) is 7.97. The number of aliphatic hydroxyl groups is 1. The van der Waals surface area contributed by atoms with Crippen LogP contribution in [-0.2, 0) is 24.3 Å². The predicted molar refractivity (Wildman–Crippen MR) is 143 cm³/mol. The molecule has 3 fully saturated rings. The second kappa shape index (κ2) is 10.3. The van der Waals surface area contributed by atoms with Gasteiger partial charge in [0.15, 0.2) is 5.72 Å². The summed E-state index contributed by atoms with van der Waals surface area (Å²) in [5.41, 5.74) is -1.38. The van der Waals surface area contributed by atoms with Crippen LogP contribution in [0.4, 0.5) is 0 Å².